The maximum absolute atomic E-state index is 13.5. The molecule has 4 heterocycles. The summed E-state index contributed by atoms with van der Waals surface area (Å²) >= 11 is 0.973. The second-order valence-electron chi connectivity index (χ2n) is 12.6. The van der Waals surface area contributed by atoms with E-state index in [1.807, 2.05) is 19.2 Å². The number of fused-ring (bicyclic) bond motifs is 1. The van der Waals surface area contributed by atoms with E-state index in [4.69, 9.17) is 24.9 Å². The van der Waals surface area contributed by atoms with Gasteiger partial charge in [0.25, 0.3) is 17.4 Å². The van der Waals surface area contributed by atoms with E-state index in [0.717, 1.165) is 41.3 Å². The number of ether oxygens (including phenoxy) is 1. The molecule has 1 fully saturated rings. The van der Waals surface area contributed by atoms with E-state index in [0.29, 0.717) is 23.3 Å². The number of aliphatic carboxylic acids is 1. The van der Waals surface area contributed by atoms with Crippen molar-refractivity contribution < 1.29 is 46.3 Å². The molecule has 18 nitrogen and oxygen atoms in total. The zero-order valence-electron chi connectivity index (χ0n) is 27.3. The zero-order valence-corrected chi connectivity index (χ0v) is 28.9. The number of amides is 2. The number of β-lactam (4-membered cyclic amide) rings is 1. The first-order chi connectivity index (χ1) is 22.9. The van der Waals surface area contributed by atoms with Gasteiger partial charge < -0.3 is 36.4 Å². The Morgan fingerprint density at radius 3 is 2.71 bits per heavy atom. The lowest BCUT2D eigenvalue weighted by atomic mass is 9.84. The number of carbonyl (C=O) groups excluding carboxylic acids is 2. The van der Waals surface area contributed by atoms with Crippen molar-refractivity contribution in [2.75, 3.05) is 19.3 Å². The maximum Gasteiger partial charge on any atom is 0.418 e. The minimum Gasteiger partial charge on any atom is -0.485 e. The smallest absolute Gasteiger partial charge is 0.418 e. The first kappa shape index (κ1) is 35.9. The molecule has 2 aromatic rings. The fourth-order valence-electron chi connectivity index (χ4n) is 5.65. The Bertz CT molecular complexity index is 1810. The van der Waals surface area contributed by atoms with E-state index in [2.05, 4.69) is 37.3 Å². The van der Waals surface area contributed by atoms with Gasteiger partial charge >= 0.3 is 16.4 Å². The molecule has 1 aromatic heterocycles. The van der Waals surface area contributed by atoms with Crippen molar-refractivity contribution in [3.63, 3.8) is 0 Å². The van der Waals surface area contributed by atoms with E-state index in [1.165, 1.54) is 26.2 Å². The number of carbonyl (C=O) groups is 3. The minimum absolute atomic E-state index is 0.0673. The van der Waals surface area contributed by atoms with Crippen LogP contribution in [0.1, 0.15) is 57.4 Å². The second-order valence-corrected chi connectivity index (χ2v) is 14.5. The molecule has 3 aliphatic heterocycles. The van der Waals surface area contributed by atoms with Crippen LogP contribution in [0.25, 0.3) is 0 Å². The van der Waals surface area contributed by atoms with Crippen LogP contribution in [-0.2, 0) is 40.3 Å². The molecule has 1 saturated heterocycles. The van der Waals surface area contributed by atoms with Crippen molar-refractivity contribution in [3.8, 4) is 5.75 Å². The SMILES string of the molecule is CN[C@@H](C)C[C@@H]1CNC(c2ccc3c(c2)CC[C@H]([C@](C)(O/N=C(\C(=O)N[C@@H]2C(=O)N(OS(=O)(=O)O)C2(C)C)c2csc(N)n2)C(=O)O)O3)=N1. The fraction of sp³-hybridized carbons (Fsp3) is 0.517. The van der Waals surface area contributed by atoms with E-state index >= 15 is 0 Å². The summed E-state index contributed by atoms with van der Waals surface area (Å²) in [6.07, 6.45) is 0.536. The number of carboxylic acid groups (broad SMARTS) is 1. The standard InChI is InChI=1S/C29H38N8O10S2/c1-14(31-5)10-17-12-32-23(33-17)16-6-8-19-15(11-16)7-9-20(45-19)29(4,26(40)41)46-36-21(18-13-48-27(30)34-18)24(38)35-22-25(39)37(28(22,2)3)47-49(42,43)44/h6,8,11,13-14,17,20,22,31H,7,9-10,12H2,1-5H3,(H2,30,34)(H,32,33)(H,35,38)(H,40,41)(H,42,43,44)/b36-21-/t14-,17+,20+,22+,29-/m0/s1. The van der Waals surface area contributed by atoms with Crippen molar-refractivity contribution in [1.29, 1.82) is 0 Å². The van der Waals surface area contributed by atoms with Crippen LogP contribution in [0.2, 0.25) is 0 Å². The molecule has 0 saturated carbocycles. The Balaban J connectivity index is 1.34. The Morgan fingerprint density at radius 1 is 1.37 bits per heavy atom. The molecule has 0 bridgehead atoms. The molecule has 0 radical (unpaired) electrons. The van der Waals surface area contributed by atoms with Gasteiger partial charge in [-0.05, 0) is 77.8 Å². The predicted octanol–water partition coefficient (Wildman–Crippen LogP) is 0.240. The van der Waals surface area contributed by atoms with E-state index in [1.54, 1.807) is 6.07 Å². The van der Waals surface area contributed by atoms with Crippen molar-refractivity contribution in [3.05, 3.63) is 40.4 Å². The number of nitrogen functional groups attached to an aromatic ring is 1. The van der Waals surface area contributed by atoms with Gasteiger partial charge in [0.2, 0.25) is 0 Å². The van der Waals surface area contributed by atoms with Gasteiger partial charge in [-0.25, -0.2) is 9.78 Å². The Labute approximate surface area is 286 Å². The van der Waals surface area contributed by atoms with Crippen LogP contribution in [0.15, 0.2) is 33.7 Å². The molecular formula is C29H38N8O10S2. The number of amidine groups is 1. The van der Waals surface area contributed by atoms with Crippen molar-refractivity contribution in [2.24, 2.45) is 10.1 Å². The lowest BCUT2D eigenvalue weighted by molar-refractivity contribution is -0.218. The number of hydrogen-bond acceptors (Lipinski definition) is 15. The molecule has 3 aliphatic rings. The number of hydrogen-bond donors (Lipinski definition) is 6. The number of thiazole rings is 1. The van der Waals surface area contributed by atoms with Crippen molar-refractivity contribution >= 4 is 56.2 Å². The quantitative estimate of drug-likeness (QED) is 0.0701. The number of benzene rings is 1. The van der Waals surface area contributed by atoms with Gasteiger partial charge in [0.1, 0.15) is 23.3 Å². The lowest BCUT2D eigenvalue weighted by Crippen LogP contribution is -2.76. The average Bonchev–Trinajstić information content (AvgIpc) is 3.70. The molecule has 1 aromatic carbocycles. The number of nitrogens with zero attached hydrogens (tertiary/aromatic N) is 4. The molecule has 49 heavy (non-hydrogen) atoms. The highest BCUT2D eigenvalue weighted by molar-refractivity contribution is 7.80. The number of rotatable bonds is 13. The third kappa shape index (κ3) is 7.47. The monoisotopic (exact) mass is 722 g/mol. The van der Waals surface area contributed by atoms with Crippen molar-refractivity contribution in [1.82, 2.24) is 26.0 Å². The molecule has 0 spiro atoms. The number of nitrogens with one attached hydrogen (secondary N) is 3. The number of oxime groups is 1. The number of hydroxylamine groups is 2. The number of nitrogens with two attached hydrogens (primary N) is 1. The summed E-state index contributed by atoms with van der Waals surface area (Å²) in [6.45, 7) is 6.85. The first-order valence-electron chi connectivity index (χ1n) is 15.2. The van der Waals surface area contributed by atoms with E-state index in [-0.39, 0.29) is 23.3 Å². The summed E-state index contributed by atoms with van der Waals surface area (Å²) in [4.78, 5) is 53.2. The molecule has 5 rings (SSSR count). The molecule has 5 atom stereocenters. The molecular weight excluding hydrogens is 684 g/mol. The summed E-state index contributed by atoms with van der Waals surface area (Å²) in [7, 11) is -3.11. The molecule has 7 N–H and O–H groups in total. The Kier molecular flexibility index (Phi) is 9.90. The molecule has 2 amide bonds. The summed E-state index contributed by atoms with van der Waals surface area (Å²) in [5.41, 5.74) is 3.41. The number of anilines is 1. The third-order valence-electron chi connectivity index (χ3n) is 8.68. The van der Waals surface area contributed by atoms with Crippen LogP contribution in [0.5, 0.6) is 5.75 Å². The van der Waals surface area contributed by atoms with Gasteiger partial charge in [0, 0.05) is 23.5 Å². The van der Waals surface area contributed by atoms with Crippen molar-refractivity contribution in [2.45, 2.75) is 82.3 Å². The Morgan fingerprint density at radius 2 is 2.10 bits per heavy atom. The van der Waals surface area contributed by atoms with Crippen LogP contribution in [0.4, 0.5) is 5.13 Å². The van der Waals surface area contributed by atoms with E-state index in [9.17, 15) is 27.9 Å². The number of aryl methyl sites for hydroxylation is 1. The Hall–Kier alpha value is -4.37. The first-order valence-corrected chi connectivity index (χ1v) is 17.5. The van der Waals surface area contributed by atoms with Gasteiger partial charge in [0.15, 0.2) is 16.9 Å². The molecule has 0 unspecified atom stereocenters. The van der Waals surface area contributed by atoms with Crippen LogP contribution < -0.4 is 26.4 Å². The van der Waals surface area contributed by atoms with Gasteiger partial charge in [-0.3, -0.25) is 19.1 Å². The minimum atomic E-state index is -5.02. The largest absolute Gasteiger partial charge is 0.485 e. The summed E-state index contributed by atoms with van der Waals surface area (Å²) in [5.74, 6) is -2.17. The predicted molar refractivity (Wildman–Crippen MR) is 176 cm³/mol. The highest BCUT2D eigenvalue weighted by Crippen LogP contribution is 2.35. The molecule has 266 valence electrons. The summed E-state index contributed by atoms with van der Waals surface area (Å²) in [6, 6.07) is 4.69. The number of aromatic nitrogens is 1. The maximum atomic E-state index is 13.5. The number of carboxylic acids is 1. The van der Waals surface area contributed by atoms with Crippen LogP contribution in [0.3, 0.4) is 0 Å². The number of aliphatic imine (C=N–C) groups is 1. The zero-order chi connectivity index (χ0) is 35.9. The van der Waals surface area contributed by atoms with E-state index < -0.39 is 57.2 Å². The lowest BCUT2D eigenvalue weighted by Gasteiger charge is -2.50. The third-order valence-corrected chi connectivity index (χ3v) is 9.69. The van der Waals surface area contributed by atoms with Gasteiger partial charge in [-0.1, -0.05) is 5.16 Å². The molecule has 20 heteroatoms. The normalized spacial score (nSPS) is 23.6. The summed E-state index contributed by atoms with van der Waals surface area (Å²) < 4.78 is 41.8. The summed E-state index contributed by atoms with van der Waals surface area (Å²) in [5, 5.41) is 25.0. The second kappa shape index (κ2) is 13.5. The highest BCUT2D eigenvalue weighted by atomic mass is 32.3. The van der Waals surface area contributed by atoms with Gasteiger partial charge in [0.05, 0.1) is 11.6 Å². The van der Waals surface area contributed by atoms with Crippen LogP contribution in [-0.4, -0.2) is 106 Å². The molecule has 0 aliphatic carbocycles. The van der Waals surface area contributed by atoms with Gasteiger partial charge in [-0.15, -0.1) is 15.6 Å². The fourth-order valence-corrected chi connectivity index (χ4v) is 6.65. The topological polar surface area (TPSA) is 256 Å². The van der Waals surface area contributed by atoms with Crippen LogP contribution >= 0.6 is 11.3 Å². The highest BCUT2D eigenvalue weighted by Gasteiger charge is 2.58. The average molecular weight is 723 g/mol. The van der Waals surface area contributed by atoms with Gasteiger partial charge in [-0.2, -0.15) is 13.5 Å². The van der Waals surface area contributed by atoms with Crippen LogP contribution in [0, 0.1) is 0 Å².